The van der Waals surface area contributed by atoms with Crippen LogP contribution in [0.5, 0.6) is 0 Å². The monoisotopic (exact) mass is 367 g/mol. The van der Waals surface area contributed by atoms with Crippen molar-refractivity contribution in [3.63, 3.8) is 0 Å². The van der Waals surface area contributed by atoms with E-state index < -0.39 is 11.2 Å². The number of hydrazone groups is 1. The first kappa shape index (κ1) is 17.3. The molecule has 1 aliphatic heterocycles. The average Bonchev–Trinajstić information content (AvgIpc) is 3.09. The number of hydrogen-bond acceptors (Lipinski definition) is 6. The van der Waals surface area contributed by atoms with Gasteiger partial charge < -0.3 is 16.1 Å². The van der Waals surface area contributed by atoms with E-state index in [0.717, 1.165) is 27.5 Å². The van der Waals surface area contributed by atoms with Gasteiger partial charge >= 0.3 is 0 Å². The first-order valence-corrected chi connectivity index (χ1v) is 9.11. The minimum Gasteiger partial charge on any atom is -0.622 e. The molecule has 1 aliphatic carbocycles. The van der Waals surface area contributed by atoms with Gasteiger partial charge in [-0.1, -0.05) is 6.07 Å². The fraction of sp³-hybridized carbons (Fsp3) is 0.533. The molecule has 1 aromatic heterocycles. The van der Waals surface area contributed by atoms with Gasteiger partial charge in [0, 0.05) is 6.42 Å². The van der Waals surface area contributed by atoms with Gasteiger partial charge in [-0.25, -0.2) is 0 Å². The Morgan fingerprint density at radius 1 is 1.54 bits per heavy atom. The summed E-state index contributed by atoms with van der Waals surface area (Å²) in [7, 11) is 0. The van der Waals surface area contributed by atoms with Gasteiger partial charge in [-0.2, -0.15) is 9.84 Å². The van der Waals surface area contributed by atoms with Crippen molar-refractivity contribution in [2.75, 3.05) is 0 Å². The summed E-state index contributed by atoms with van der Waals surface area (Å²) < 4.78 is 0.929. The second-order valence-corrected chi connectivity index (χ2v) is 7.94. The maximum absolute atomic E-state index is 13.4. The third kappa shape index (κ3) is 2.43. The lowest BCUT2D eigenvalue weighted by Gasteiger charge is -2.38. The van der Waals surface area contributed by atoms with Crippen LogP contribution in [0.1, 0.15) is 44.4 Å². The largest absolute Gasteiger partial charge is 0.622 e. The smallest absolute Gasteiger partial charge is 0.292 e. The van der Waals surface area contributed by atoms with Gasteiger partial charge in [0.15, 0.2) is 5.11 Å². The van der Waals surface area contributed by atoms with Crippen molar-refractivity contribution >= 4 is 40.1 Å². The Bertz CT molecular complexity index is 713. The van der Waals surface area contributed by atoms with Crippen LogP contribution >= 0.6 is 23.6 Å². The first-order valence-electron chi connectivity index (χ1n) is 7.82. The van der Waals surface area contributed by atoms with E-state index in [1.54, 1.807) is 0 Å². The van der Waals surface area contributed by atoms with Crippen molar-refractivity contribution in [3.8, 4) is 0 Å². The van der Waals surface area contributed by atoms with Gasteiger partial charge in [0.2, 0.25) is 5.71 Å². The standard InChI is InChI=1S/C15H21N5O2S2/c1-14(2)12(10-6-5-9-24-10)19(21)15(20(14)22)8-4-3-7-11(15)17-18-13(16)23/h5-6,9,22H,3-4,7-8H2,1-2H3,(H3,16,18,23)/b17-11-/t15-/m0/s1. The molecule has 0 aromatic carbocycles. The molecule has 0 radical (unpaired) electrons. The number of hydroxylamine groups is 3. The van der Waals surface area contributed by atoms with Gasteiger partial charge in [0.05, 0.1) is 4.88 Å². The molecule has 0 amide bonds. The van der Waals surface area contributed by atoms with E-state index in [0.29, 0.717) is 24.3 Å². The Hall–Kier alpha value is -1.55. The Balaban J connectivity index is 2.17. The van der Waals surface area contributed by atoms with Gasteiger partial charge in [0.25, 0.3) is 5.66 Å². The molecule has 7 nitrogen and oxygen atoms in total. The third-order valence-electron chi connectivity index (χ3n) is 4.71. The number of hydrogen-bond donors (Lipinski definition) is 3. The lowest BCUT2D eigenvalue weighted by Crippen LogP contribution is -2.61. The van der Waals surface area contributed by atoms with Crippen molar-refractivity contribution in [2.24, 2.45) is 10.8 Å². The van der Waals surface area contributed by atoms with Crippen molar-refractivity contribution in [2.45, 2.75) is 50.7 Å². The summed E-state index contributed by atoms with van der Waals surface area (Å²) in [6.45, 7) is 3.68. The van der Waals surface area contributed by atoms with Crippen molar-refractivity contribution in [1.82, 2.24) is 10.5 Å². The molecule has 3 rings (SSSR count). The lowest BCUT2D eigenvalue weighted by molar-refractivity contribution is -0.568. The topological polar surface area (TPSA) is 100.0 Å². The molecule has 1 aromatic rings. The second-order valence-electron chi connectivity index (χ2n) is 6.55. The van der Waals surface area contributed by atoms with Gasteiger partial charge in [0.1, 0.15) is 11.3 Å². The maximum Gasteiger partial charge on any atom is 0.292 e. The highest BCUT2D eigenvalue weighted by atomic mass is 32.1. The highest BCUT2D eigenvalue weighted by molar-refractivity contribution is 7.80. The molecule has 2 aliphatic rings. The Kier molecular flexibility index (Phi) is 4.37. The molecule has 4 N–H and O–H groups in total. The van der Waals surface area contributed by atoms with Crippen molar-refractivity contribution < 1.29 is 9.95 Å². The highest BCUT2D eigenvalue weighted by Gasteiger charge is 2.65. The molecular weight excluding hydrogens is 346 g/mol. The second kappa shape index (κ2) is 6.07. The van der Waals surface area contributed by atoms with E-state index in [4.69, 9.17) is 18.0 Å². The number of thiophene rings is 1. The van der Waals surface area contributed by atoms with E-state index in [-0.39, 0.29) is 5.11 Å². The maximum atomic E-state index is 13.4. The Morgan fingerprint density at radius 2 is 2.29 bits per heavy atom. The molecule has 0 saturated heterocycles. The first-order chi connectivity index (χ1) is 11.3. The summed E-state index contributed by atoms with van der Waals surface area (Å²) in [4.78, 5) is 0.846. The van der Waals surface area contributed by atoms with E-state index in [1.165, 1.54) is 11.3 Å². The SMILES string of the molecule is CC1(C)C(c2cccs2)=[N+]([O-])[C@@]2(CCCC/C2=N/NC(N)=S)N1O. The minimum absolute atomic E-state index is 0.0323. The minimum atomic E-state index is -1.22. The van der Waals surface area contributed by atoms with E-state index in [9.17, 15) is 10.4 Å². The van der Waals surface area contributed by atoms with E-state index in [2.05, 4.69) is 10.5 Å². The molecule has 0 unspecified atom stereocenters. The number of nitrogens with one attached hydrogen (secondary N) is 1. The Morgan fingerprint density at radius 3 is 2.92 bits per heavy atom. The normalized spacial score (nSPS) is 28.7. The summed E-state index contributed by atoms with van der Waals surface area (Å²) in [5, 5.41) is 31.7. The summed E-state index contributed by atoms with van der Waals surface area (Å²) in [6.07, 6.45) is 2.81. The van der Waals surface area contributed by atoms with Gasteiger partial charge in [-0.05, 0) is 56.8 Å². The highest BCUT2D eigenvalue weighted by Crippen LogP contribution is 2.42. The molecule has 9 heteroatoms. The van der Waals surface area contributed by atoms with Gasteiger partial charge in [-0.3, -0.25) is 5.43 Å². The van der Waals surface area contributed by atoms with Crippen LogP contribution in [0.3, 0.4) is 0 Å². The van der Waals surface area contributed by atoms with E-state index in [1.807, 2.05) is 31.4 Å². The fourth-order valence-electron chi connectivity index (χ4n) is 3.62. The molecule has 1 fully saturated rings. The predicted molar refractivity (Wildman–Crippen MR) is 98.3 cm³/mol. The molecule has 1 saturated carbocycles. The molecule has 24 heavy (non-hydrogen) atoms. The molecule has 2 heterocycles. The average molecular weight is 367 g/mol. The quantitative estimate of drug-likeness (QED) is 0.320. The Labute approximate surface area is 150 Å². The number of thiocarbonyl (C=S) groups is 1. The van der Waals surface area contributed by atoms with Crippen molar-refractivity contribution in [1.29, 1.82) is 0 Å². The third-order valence-corrected chi connectivity index (χ3v) is 5.67. The summed E-state index contributed by atoms with van der Waals surface area (Å²) in [6, 6.07) is 3.79. The molecule has 130 valence electrons. The molecular formula is C15H21N5O2S2. The summed E-state index contributed by atoms with van der Waals surface area (Å²) >= 11 is 6.29. The number of rotatable bonds is 2. The zero-order valence-corrected chi connectivity index (χ0v) is 15.3. The predicted octanol–water partition coefficient (Wildman–Crippen LogP) is 1.99. The van der Waals surface area contributed by atoms with Crippen LogP contribution in [0.25, 0.3) is 0 Å². The summed E-state index contributed by atoms with van der Waals surface area (Å²) in [5.74, 6) is 0. The van der Waals surface area contributed by atoms with Crippen LogP contribution in [0.2, 0.25) is 0 Å². The zero-order chi connectivity index (χ0) is 17.5. The van der Waals surface area contributed by atoms with Crippen LogP contribution in [-0.2, 0) is 0 Å². The van der Waals surface area contributed by atoms with Crippen LogP contribution in [0, 0.1) is 5.21 Å². The lowest BCUT2D eigenvalue weighted by atomic mass is 9.86. The number of nitrogens with zero attached hydrogens (tertiary/aromatic N) is 3. The van der Waals surface area contributed by atoms with Gasteiger partial charge in [-0.15, -0.1) is 16.4 Å². The summed E-state index contributed by atoms with van der Waals surface area (Å²) in [5.41, 5.74) is 7.08. The molecule has 1 spiro atoms. The fourth-order valence-corrected chi connectivity index (χ4v) is 4.57. The van der Waals surface area contributed by atoms with Crippen molar-refractivity contribution in [3.05, 3.63) is 27.6 Å². The van der Waals surface area contributed by atoms with Crippen LogP contribution in [0.15, 0.2) is 22.6 Å². The number of nitrogens with two attached hydrogens (primary N) is 1. The molecule has 0 bridgehead atoms. The van der Waals surface area contributed by atoms with Crippen LogP contribution in [0.4, 0.5) is 0 Å². The van der Waals surface area contributed by atoms with Crippen LogP contribution < -0.4 is 11.2 Å². The van der Waals surface area contributed by atoms with Crippen LogP contribution in [-0.4, -0.2) is 42.7 Å². The zero-order valence-electron chi connectivity index (χ0n) is 13.7. The molecule has 1 atom stereocenters. The van der Waals surface area contributed by atoms with E-state index >= 15 is 0 Å².